The summed E-state index contributed by atoms with van der Waals surface area (Å²) in [7, 11) is 0. The fraction of sp³-hybridized carbons (Fsp3) is 0.722. The van der Waals surface area contributed by atoms with Crippen LogP contribution in [0.25, 0.3) is 0 Å². The van der Waals surface area contributed by atoms with Gasteiger partial charge in [-0.3, -0.25) is 9.48 Å². The molecule has 1 unspecified atom stereocenters. The highest BCUT2D eigenvalue weighted by Gasteiger charge is 2.17. The van der Waals surface area contributed by atoms with Crippen LogP contribution in [0.5, 0.6) is 0 Å². The summed E-state index contributed by atoms with van der Waals surface area (Å²) in [6.07, 6.45) is 11.0. The van der Waals surface area contributed by atoms with E-state index in [9.17, 15) is 4.79 Å². The number of aryl methyl sites for hydroxylation is 2. The lowest BCUT2D eigenvalue weighted by molar-refractivity contribution is 0.0944. The summed E-state index contributed by atoms with van der Waals surface area (Å²) in [5, 5.41) is 23.0. The van der Waals surface area contributed by atoms with Crippen molar-refractivity contribution in [2.75, 3.05) is 6.54 Å². The molecule has 9 nitrogen and oxygen atoms in total. The largest absolute Gasteiger partial charge is 0.343 e. The van der Waals surface area contributed by atoms with Crippen LogP contribution in [0, 0.1) is 0 Å². The van der Waals surface area contributed by atoms with E-state index in [1.54, 1.807) is 10.9 Å². The van der Waals surface area contributed by atoms with Crippen molar-refractivity contribution in [3.05, 3.63) is 23.5 Å². The second-order valence-corrected chi connectivity index (χ2v) is 7.48. The molecule has 2 aliphatic rings. The van der Waals surface area contributed by atoms with Crippen molar-refractivity contribution in [2.24, 2.45) is 0 Å². The van der Waals surface area contributed by atoms with Crippen molar-refractivity contribution in [2.45, 2.75) is 77.0 Å². The number of piperidine rings is 1. The molecule has 0 aromatic carbocycles. The zero-order valence-electron chi connectivity index (χ0n) is 15.7. The first kappa shape index (κ1) is 18.1. The van der Waals surface area contributed by atoms with Crippen LogP contribution in [0.15, 0.2) is 6.20 Å². The molecule has 2 aromatic heterocycles. The second kappa shape index (κ2) is 8.60. The Bertz CT molecular complexity index is 761. The molecule has 9 heteroatoms. The average Bonchev–Trinajstić information content (AvgIpc) is 3.26. The summed E-state index contributed by atoms with van der Waals surface area (Å²) < 4.78 is 3.90. The Hall–Kier alpha value is -2.29. The van der Waals surface area contributed by atoms with Gasteiger partial charge in [-0.25, -0.2) is 0 Å². The number of aromatic nitrogens is 6. The van der Waals surface area contributed by atoms with E-state index in [0.717, 1.165) is 57.0 Å². The van der Waals surface area contributed by atoms with E-state index in [4.69, 9.17) is 0 Å². The number of amides is 1. The smallest absolute Gasteiger partial charge is 0.273 e. The van der Waals surface area contributed by atoms with E-state index < -0.39 is 0 Å². The minimum atomic E-state index is -0.219. The van der Waals surface area contributed by atoms with Crippen molar-refractivity contribution in [3.63, 3.8) is 0 Å². The van der Waals surface area contributed by atoms with Gasteiger partial charge in [-0.1, -0.05) is 18.1 Å². The standard InChI is InChI=1S/C18H28N8O/c27-18(20-12-17-23-22-16-7-2-1-5-10-26(16)17)15-13-25(24-21-15)11-8-14-6-3-4-9-19-14/h13-14,19H,1-12H2,(H,20,27). The van der Waals surface area contributed by atoms with Crippen molar-refractivity contribution < 1.29 is 4.79 Å². The van der Waals surface area contributed by atoms with Crippen LogP contribution in [0.1, 0.15) is 67.1 Å². The van der Waals surface area contributed by atoms with Crippen LogP contribution in [0.2, 0.25) is 0 Å². The topological polar surface area (TPSA) is 103 Å². The molecule has 1 amide bonds. The van der Waals surface area contributed by atoms with Crippen molar-refractivity contribution in [1.82, 2.24) is 40.4 Å². The summed E-state index contributed by atoms with van der Waals surface area (Å²) in [6.45, 7) is 3.17. The van der Waals surface area contributed by atoms with E-state index in [2.05, 4.69) is 35.7 Å². The SMILES string of the molecule is O=C(NCc1nnc2n1CCCCC2)c1cn(CCC2CCCCN2)nn1. The number of fused-ring (bicyclic) bond motifs is 1. The van der Waals surface area contributed by atoms with E-state index in [-0.39, 0.29) is 5.91 Å². The Balaban J connectivity index is 1.29. The lowest BCUT2D eigenvalue weighted by Gasteiger charge is -2.23. The number of hydrogen-bond donors (Lipinski definition) is 2. The van der Waals surface area contributed by atoms with Crippen LogP contribution in [0.4, 0.5) is 0 Å². The maximum atomic E-state index is 12.4. The summed E-state index contributed by atoms with van der Waals surface area (Å²) in [5.74, 6) is 1.62. The minimum absolute atomic E-state index is 0.219. The molecule has 0 bridgehead atoms. The Morgan fingerprint density at radius 1 is 1.19 bits per heavy atom. The van der Waals surface area contributed by atoms with Crippen LogP contribution in [-0.4, -0.2) is 48.3 Å². The molecule has 0 aliphatic carbocycles. The first-order valence-corrected chi connectivity index (χ1v) is 10.1. The second-order valence-electron chi connectivity index (χ2n) is 7.48. The molecule has 2 aliphatic heterocycles. The quantitative estimate of drug-likeness (QED) is 0.786. The molecule has 0 spiro atoms. The van der Waals surface area contributed by atoms with Gasteiger partial charge in [-0.05, 0) is 38.6 Å². The third-order valence-electron chi connectivity index (χ3n) is 5.48. The summed E-state index contributed by atoms with van der Waals surface area (Å²) in [4.78, 5) is 12.4. The van der Waals surface area contributed by atoms with E-state index in [0.29, 0.717) is 18.3 Å². The Morgan fingerprint density at radius 2 is 2.15 bits per heavy atom. The highest BCUT2D eigenvalue weighted by Crippen LogP contribution is 2.14. The maximum absolute atomic E-state index is 12.4. The normalized spacial score (nSPS) is 20.1. The molecule has 4 rings (SSSR count). The highest BCUT2D eigenvalue weighted by molar-refractivity contribution is 5.91. The Morgan fingerprint density at radius 3 is 3.04 bits per heavy atom. The van der Waals surface area contributed by atoms with Crippen LogP contribution >= 0.6 is 0 Å². The van der Waals surface area contributed by atoms with Gasteiger partial charge in [0, 0.05) is 25.6 Å². The third-order valence-corrected chi connectivity index (χ3v) is 5.48. The Kier molecular flexibility index (Phi) is 5.76. The van der Waals surface area contributed by atoms with Crippen molar-refractivity contribution in [3.8, 4) is 0 Å². The minimum Gasteiger partial charge on any atom is -0.343 e. The van der Waals surface area contributed by atoms with E-state index >= 15 is 0 Å². The molecule has 27 heavy (non-hydrogen) atoms. The third kappa shape index (κ3) is 4.52. The van der Waals surface area contributed by atoms with Gasteiger partial charge in [0.1, 0.15) is 5.82 Å². The summed E-state index contributed by atoms with van der Waals surface area (Å²) >= 11 is 0. The lowest BCUT2D eigenvalue weighted by atomic mass is 10.0. The molecule has 4 heterocycles. The molecular weight excluding hydrogens is 344 g/mol. The van der Waals surface area contributed by atoms with E-state index in [1.165, 1.54) is 25.7 Å². The fourth-order valence-electron chi connectivity index (χ4n) is 3.90. The summed E-state index contributed by atoms with van der Waals surface area (Å²) in [5.41, 5.74) is 0.349. The number of carbonyl (C=O) groups is 1. The summed E-state index contributed by atoms with van der Waals surface area (Å²) in [6, 6.07) is 0.545. The molecule has 1 atom stereocenters. The number of nitrogens with one attached hydrogen (secondary N) is 2. The van der Waals surface area contributed by atoms with E-state index in [1.807, 2.05) is 0 Å². The monoisotopic (exact) mass is 372 g/mol. The molecule has 1 fully saturated rings. The molecule has 2 N–H and O–H groups in total. The van der Waals surface area contributed by atoms with Gasteiger partial charge in [0.05, 0.1) is 12.7 Å². The van der Waals surface area contributed by atoms with Crippen LogP contribution in [0.3, 0.4) is 0 Å². The van der Waals surface area contributed by atoms with Gasteiger partial charge in [0.2, 0.25) is 0 Å². The van der Waals surface area contributed by atoms with Gasteiger partial charge < -0.3 is 15.2 Å². The number of nitrogens with zero attached hydrogens (tertiary/aromatic N) is 6. The van der Waals surface area contributed by atoms with Gasteiger partial charge >= 0.3 is 0 Å². The van der Waals surface area contributed by atoms with Gasteiger partial charge in [-0.2, -0.15) is 0 Å². The zero-order chi connectivity index (χ0) is 18.5. The van der Waals surface area contributed by atoms with Crippen molar-refractivity contribution >= 4 is 5.91 Å². The predicted octanol–water partition coefficient (Wildman–Crippen LogP) is 1.06. The lowest BCUT2D eigenvalue weighted by Crippen LogP contribution is -2.34. The van der Waals surface area contributed by atoms with Gasteiger partial charge in [0.15, 0.2) is 11.5 Å². The molecular formula is C18H28N8O. The number of carbonyl (C=O) groups excluding carboxylic acids is 1. The fourth-order valence-corrected chi connectivity index (χ4v) is 3.90. The Labute approximate surface area is 158 Å². The molecule has 0 radical (unpaired) electrons. The van der Waals surface area contributed by atoms with Gasteiger partial charge in [-0.15, -0.1) is 15.3 Å². The first-order chi connectivity index (χ1) is 13.3. The zero-order valence-corrected chi connectivity index (χ0v) is 15.7. The maximum Gasteiger partial charge on any atom is 0.273 e. The first-order valence-electron chi connectivity index (χ1n) is 10.1. The molecule has 146 valence electrons. The van der Waals surface area contributed by atoms with Crippen LogP contribution < -0.4 is 10.6 Å². The molecule has 2 aromatic rings. The number of rotatable bonds is 6. The van der Waals surface area contributed by atoms with Gasteiger partial charge in [0.25, 0.3) is 5.91 Å². The number of hydrogen-bond acceptors (Lipinski definition) is 6. The molecule has 1 saturated heterocycles. The highest BCUT2D eigenvalue weighted by atomic mass is 16.2. The van der Waals surface area contributed by atoms with Crippen LogP contribution in [-0.2, 0) is 26.1 Å². The molecule has 0 saturated carbocycles. The van der Waals surface area contributed by atoms with Crippen molar-refractivity contribution in [1.29, 1.82) is 0 Å². The average molecular weight is 372 g/mol. The predicted molar refractivity (Wildman–Crippen MR) is 99.0 cm³/mol.